The molecule has 2 bridgehead atoms. The third kappa shape index (κ3) is 2.89. The number of amides is 1. The summed E-state index contributed by atoms with van der Waals surface area (Å²) in [4.78, 5) is 11.9. The minimum Gasteiger partial charge on any atom is -0.445 e. The largest absolute Gasteiger partial charge is 0.445 e. The summed E-state index contributed by atoms with van der Waals surface area (Å²) >= 11 is 0. The number of hydrogen-bond donors (Lipinski definition) is 1. The van der Waals surface area contributed by atoms with E-state index >= 15 is 0 Å². The highest BCUT2D eigenvalue weighted by molar-refractivity contribution is 5.68. The zero-order valence-electron chi connectivity index (χ0n) is 10.9. The van der Waals surface area contributed by atoms with Gasteiger partial charge < -0.3 is 14.8 Å². The summed E-state index contributed by atoms with van der Waals surface area (Å²) in [6, 6.07) is 9.71. The lowest BCUT2D eigenvalue weighted by Crippen LogP contribution is -2.58. The van der Waals surface area contributed by atoms with Crippen LogP contribution < -0.4 is 5.32 Å². The Morgan fingerprint density at radius 1 is 1.32 bits per heavy atom. The predicted molar refractivity (Wildman–Crippen MR) is 70.7 cm³/mol. The first kappa shape index (κ1) is 12.5. The molecule has 4 rings (SSSR count). The molecule has 0 spiro atoms. The summed E-state index contributed by atoms with van der Waals surface area (Å²) in [5, 5.41) is 3.00. The lowest BCUT2D eigenvalue weighted by atomic mass is 9.78. The fourth-order valence-electron chi connectivity index (χ4n) is 2.87. The number of carbonyl (C=O) groups is 1. The average molecular weight is 261 g/mol. The molecule has 0 unspecified atom stereocenters. The Morgan fingerprint density at radius 2 is 2.05 bits per heavy atom. The van der Waals surface area contributed by atoms with E-state index in [1.807, 2.05) is 30.3 Å². The van der Waals surface area contributed by atoms with Crippen LogP contribution in [0.25, 0.3) is 0 Å². The van der Waals surface area contributed by atoms with Crippen molar-refractivity contribution in [2.45, 2.75) is 43.9 Å². The molecule has 4 nitrogen and oxygen atoms in total. The maximum atomic E-state index is 11.9. The Labute approximate surface area is 113 Å². The van der Waals surface area contributed by atoms with Crippen molar-refractivity contribution in [2.24, 2.45) is 0 Å². The van der Waals surface area contributed by atoms with Gasteiger partial charge in [-0.25, -0.2) is 4.79 Å². The van der Waals surface area contributed by atoms with E-state index in [1.165, 1.54) is 0 Å². The Hall–Kier alpha value is -1.55. The lowest BCUT2D eigenvalue weighted by molar-refractivity contribution is -0.0863. The van der Waals surface area contributed by atoms with Crippen LogP contribution in [0.4, 0.5) is 4.79 Å². The van der Waals surface area contributed by atoms with Crippen molar-refractivity contribution >= 4 is 6.09 Å². The standard InChI is InChI=1S/C15H19NO3/c17-14(18-10-12-4-2-1-3-5-12)16-15-8-6-13(7-9-15)19-11-15/h1-5,13H,6-11H2,(H,16,17). The molecule has 1 aliphatic carbocycles. The Morgan fingerprint density at radius 3 is 2.68 bits per heavy atom. The second kappa shape index (κ2) is 5.21. The Balaban J connectivity index is 1.51. The first-order valence-electron chi connectivity index (χ1n) is 6.86. The molecule has 102 valence electrons. The highest BCUT2D eigenvalue weighted by Gasteiger charge is 2.42. The number of hydrogen-bond acceptors (Lipinski definition) is 3. The van der Waals surface area contributed by atoms with E-state index in [4.69, 9.17) is 9.47 Å². The van der Waals surface area contributed by atoms with Crippen LogP contribution in [0.15, 0.2) is 30.3 Å². The number of nitrogens with one attached hydrogen (secondary N) is 1. The molecule has 19 heavy (non-hydrogen) atoms. The van der Waals surface area contributed by atoms with Crippen molar-refractivity contribution < 1.29 is 14.3 Å². The molecule has 4 heteroatoms. The minimum absolute atomic E-state index is 0.192. The van der Waals surface area contributed by atoms with E-state index in [-0.39, 0.29) is 11.6 Å². The zero-order valence-corrected chi connectivity index (χ0v) is 10.9. The number of rotatable bonds is 3. The van der Waals surface area contributed by atoms with Crippen molar-refractivity contribution in [3.63, 3.8) is 0 Å². The van der Waals surface area contributed by atoms with Crippen LogP contribution in [0.3, 0.4) is 0 Å². The molecule has 0 aromatic heterocycles. The molecule has 2 aliphatic heterocycles. The Bertz CT molecular complexity index is 424. The topological polar surface area (TPSA) is 47.6 Å². The molecular weight excluding hydrogens is 242 g/mol. The normalized spacial score (nSPS) is 28.9. The first-order chi connectivity index (χ1) is 9.26. The Kier molecular flexibility index (Phi) is 3.42. The third-order valence-corrected chi connectivity index (χ3v) is 4.07. The van der Waals surface area contributed by atoms with Crippen LogP contribution in [0.1, 0.15) is 31.2 Å². The van der Waals surface area contributed by atoms with E-state index in [1.54, 1.807) is 0 Å². The molecule has 0 radical (unpaired) electrons. The van der Waals surface area contributed by atoms with Crippen LogP contribution >= 0.6 is 0 Å². The van der Waals surface area contributed by atoms with Crippen molar-refractivity contribution in [1.82, 2.24) is 5.32 Å². The quantitative estimate of drug-likeness (QED) is 0.909. The number of alkyl carbamates (subject to hydrolysis) is 1. The first-order valence-corrected chi connectivity index (χ1v) is 6.86. The summed E-state index contributed by atoms with van der Waals surface area (Å²) in [5.41, 5.74) is 0.807. The van der Waals surface area contributed by atoms with Gasteiger partial charge in [-0.3, -0.25) is 0 Å². The molecule has 0 atom stereocenters. The predicted octanol–water partition coefficient (Wildman–Crippen LogP) is 2.62. The number of carbonyl (C=O) groups excluding carboxylic acids is 1. The molecule has 2 heterocycles. The second-order valence-electron chi connectivity index (χ2n) is 5.48. The summed E-state index contributed by atoms with van der Waals surface area (Å²) in [6.45, 7) is 0.935. The fraction of sp³-hybridized carbons (Fsp3) is 0.533. The second-order valence-corrected chi connectivity index (χ2v) is 5.48. The highest BCUT2D eigenvalue weighted by atomic mass is 16.5. The maximum Gasteiger partial charge on any atom is 0.407 e. The van der Waals surface area contributed by atoms with Crippen LogP contribution in [0, 0.1) is 0 Å². The van der Waals surface area contributed by atoms with Crippen molar-refractivity contribution in [3.05, 3.63) is 35.9 Å². The third-order valence-electron chi connectivity index (χ3n) is 4.07. The van der Waals surface area contributed by atoms with Crippen molar-refractivity contribution in [1.29, 1.82) is 0 Å². The van der Waals surface area contributed by atoms with Gasteiger partial charge in [-0.2, -0.15) is 0 Å². The molecule has 1 aromatic rings. The van der Waals surface area contributed by atoms with Crippen LogP contribution in [-0.4, -0.2) is 24.3 Å². The molecule has 3 aliphatic rings. The summed E-state index contributed by atoms with van der Waals surface area (Å²) in [5.74, 6) is 0. The average Bonchev–Trinajstić information content (AvgIpc) is 2.48. The van der Waals surface area contributed by atoms with E-state index in [2.05, 4.69) is 5.32 Å². The van der Waals surface area contributed by atoms with E-state index < -0.39 is 0 Å². The zero-order chi connectivity index (χ0) is 13.1. The highest BCUT2D eigenvalue weighted by Crippen LogP contribution is 2.36. The van der Waals surface area contributed by atoms with Gasteiger partial charge in [0.05, 0.1) is 18.2 Å². The van der Waals surface area contributed by atoms with Crippen molar-refractivity contribution in [3.8, 4) is 0 Å². The molecule has 1 amide bonds. The maximum absolute atomic E-state index is 11.9. The van der Waals surface area contributed by atoms with E-state index in [0.29, 0.717) is 19.3 Å². The van der Waals surface area contributed by atoms with Gasteiger partial charge in [-0.1, -0.05) is 30.3 Å². The summed E-state index contributed by atoms with van der Waals surface area (Å²) in [7, 11) is 0. The van der Waals surface area contributed by atoms with Gasteiger partial charge in [-0.15, -0.1) is 0 Å². The smallest absolute Gasteiger partial charge is 0.407 e. The van der Waals surface area contributed by atoms with Crippen molar-refractivity contribution in [2.75, 3.05) is 6.61 Å². The van der Waals surface area contributed by atoms with E-state index in [9.17, 15) is 4.79 Å². The SMILES string of the molecule is O=C(NC12CCC(CC1)OC2)OCc1ccccc1. The minimum atomic E-state index is -0.340. The van der Waals surface area contributed by atoms with Gasteiger partial charge in [0.25, 0.3) is 0 Å². The van der Waals surface area contributed by atoms with Gasteiger partial charge in [0.1, 0.15) is 6.61 Å². The monoisotopic (exact) mass is 261 g/mol. The van der Waals surface area contributed by atoms with Crippen LogP contribution in [-0.2, 0) is 16.1 Å². The summed E-state index contributed by atoms with van der Waals surface area (Å²) in [6.07, 6.45) is 4.14. The van der Waals surface area contributed by atoms with Crippen LogP contribution in [0.5, 0.6) is 0 Å². The summed E-state index contributed by atoms with van der Waals surface area (Å²) < 4.78 is 10.9. The van der Waals surface area contributed by atoms with Gasteiger partial charge in [0, 0.05) is 0 Å². The van der Waals surface area contributed by atoms with Crippen LogP contribution in [0.2, 0.25) is 0 Å². The molecular formula is C15H19NO3. The fourth-order valence-corrected chi connectivity index (χ4v) is 2.87. The van der Waals surface area contributed by atoms with Gasteiger partial charge in [0.2, 0.25) is 0 Å². The van der Waals surface area contributed by atoms with Gasteiger partial charge in [-0.05, 0) is 31.2 Å². The molecule has 1 aromatic carbocycles. The number of benzene rings is 1. The van der Waals surface area contributed by atoms with E-state index in [0.717, 1.165) is 31.2 Å². The molecule has 1 N–H and O–H groups in total. The molecule has 3 fully saturated rings. The number of ether oxygens (including phenoxy) is 2. The number of fused-ring (bicyclic) bond motifs is 3. The molecule has 1 saturated carbocycles. The molecule has 2 saturated heterocycles. The van der Waals surface area contributed by atoms with Gasteiger partial charge in [0.15, 0.2) is 0 Å². The lowest BCUT2D eigenvalue weighted by Gasteiger charge is -2.46. The van der Waals surface area contributed by atoms with Gasteiger partial charge >= 0.3 is 6.09 Å².